The summed E-state index contributed by atoms with van der Waals surface area (Å²) in [5, 5.41) is 8.87. The molecule has 1 saturated heterocycles. The van der Waals surface area contributed by atoms with Gasteiger partial charge in [-0.2, -0.15) is 0 Å². The van der Waals surface area contributed by atoms with Gasteiger partial charge in [0.05, 0.1) is 22.8 Å². The summed E-state index contributed by atoms with van der Waals surface area (Å²) < 4.78 is 53.3. The number of hydrogen-bond acceptors (Lipinski definition) is 11. The van der Waals surface area contributed by atoms with E-state index in [9.17, 15) is 32.0 Å². The fourth-order valence-corrected chi connectivity index (χ4v) is 8.44. The molecule has 15 nitrogen and oxygen atoms in total. The van der Waals surface area contributed by atoms with E-state index in [1.54, 1.807) is 20.8 Å². The van der Waals surface area contributed by atoms with E-state index >= 15 is 0 Å². The van der Waals surface area contributed by atoms with Crippen molar-refractivity contribution in [2.24, 2.45) is 5.92 Å². The van der Waals surface area contributed by atoms with Crippen LogP contribution in [0.15, 0.2) is 34.9 Å². The van der Waals surface area contributed by atoms with Gasteiger partial charge in [-0.3, -0.25) is 23.9 Å². The van der Waals surface area contributed by atoms with Crippen molar-refractivity contribution >= 4 is 44.7 Å². The molecule has 2 aliphatic heterocycles. The van der Waals surface area contributed by atoms with Crippen LogP contribution in [0.3, 0.4) is 0 Å². The number of sulfonamides is 1. The van der Waals surface area contributed by atoms with E-state index in [0.717, 1.165) is 12.8 Å². The summed E-state index contributed by atoms with van der Waals surface area (Å²) in [6.45, 7) is 4.95. The summed E-state index contributed by atoms with van der Waals surface area (Å²) in [6, 6.07) is 1.78. The molecule has 1 aromatic carbocycles. The fourth-order valence-electron chi connectivity index (χ4n) is 7.07. The Hall–Kier alpha value is -4.93. The van der Waals surface area contributed by atoms with Crippen molar-refractivity contribution in [3.05, 3.63) is 58.9 Å². The summed E-state index contributed by atoms with van der Waals surface area (Å²) in [7, 11) is -3.91. The largest absolute Gasteiger partial charge is 0.471 e. The molecule has 2 aromatic heterocycles. The highest BCUT2D eigenvalue weighted by Crippen LogP contribution is 2.46. The Kier molecular flexibility index (Phi) is 9.72. The van der Waals surface area contributed by atoms with Gasteiger partial charge in [0.15, 0.2) is 5.69 Å². The number of rotatable bonds is 7. The molecule has 5 atom stereocenters. The van der Waals surface area contributed by atoms with Crippen LogP contribution in [0.1, 0.15) is 85.3 Å². The minimum absolute atomic E-state index is 0.0271. The molecule has 17 heteroatoms. The molecule has 2 aliphatic carbocycles. The van der Waals surface area contributed by atoms with Crippen LogP contribution in [-0.2, 0) is 24.4 Å². The molecule has 0 unspecified atom stereocenters. The van der Waals surface area contributed by atoms with E-state index in [1.165, 1.54) is 23.1 Å². The van der Waals surface area contributed by atoms with Crippen LogP contribution < -0.4 is 20.1 Å². The maximum absolute atomic E-state index is 14.5. The second-order valence-electron chi connectivity index (χ2n) is 14.5. The van der Waals surface area contributed by atoms with Crippen LogP contribution >= 0.6 is 0 Å². The third-order valence-electron chi connectivity index (χ3n) is 10.6. The van der Waals surface area contributed by atoms with Gasteiger partial charge in [-0.15, -0.1) is 0 Å². The molecule has 0 spiro atoms. The number of nitrogens with zero attached hydrogens (tertiary/aromatic N) is 4. The standard InChI is InChI=1S/C36H42FN7O8S/c1-19-21(3)52-42-30(19)32(46)39-27-10-8-6-4-5-7-9-22-17-36(22,35(48)43-53(49,50)25-12-13-25)41-31(45)29-16-24(18-44(29)34(27)47)51-33-20(2)38-26-14-11-23(37)15-28(26)40-33/h7,9,11,14-15,22,24-25,27,29H,4-6,8,10,12-13,16-18H2,1-3H3,(H,39,46)(H,41,45)(H,43,48)/b9-7-/t22-,24-,27+,29+,36-/m1/s1. The maximum Gasteiger partial charge on any atom is 0.274 e. The maximum atomic E-state index is 14.5. The lowest BCUT2D eigenvalue weighted by atomic mass is 10.0. The van der Waals surface area contributed by atoms with Gasteiger partial charge >= 0.3 is 0 Å². The Labute approximate surface area is 305 Å². The van der Waals surface area contributed by atoms with Crippen molar-refractivity contribution in [3.63, 3.8) is 0 Å². The van der Waals surface area contributed by atoms with E-state index in [0.29, 0.717) is 48.2 Å². The lowest BCUT2D eigenvalue weighted by molar-refractivity contribution is -0.141. The summed E-state index contributed by atoms with van der Waals surface area (Å²) in [4.78, 5) is 66.2. The van der Waals surface area contributed by atoms with Crippen LogP contribution in [0, 0.1) is 32.5 Å². The van der Waals surface area contributed by atoms with Gasteiger partial charge in [-0.25, -0.2) is 22.8 Å². The van der Waals surface area contributed by atoms with Gasteiger partial charge in [0.2, 0.25) is 27.7 Å². The van der Waals surface area contributed by atoms with Gasteiger partial charge < -0.3 is 24.8 Å². The number of carbonyl (C=O) groups excluding carboxylic acids is 4. The molecular weight excluding hydrogens is 710 g/mol. The second-order valence-corrected chi connectivity index (χ2v) is 16.4. The average molecular weight is 752 g/mol. The zero-order chi connectivity index (χ0) is 37.7. The highest BCUT2D eigenvalue weighted by atomic mass is 32.2. The topological polar surface area (TPSA) is 203 Å². The van der Waals surface area contributed by atoms with Crippen LogP contribution in [0.4, 0.5) is 4.39 Å². The summed E-state index contributed by atoms with van der Waals surface area (Å²) in [5.74, 6) is -3.04. The number of nitrogens with one attached hydrogen (secondary N) is 3. The van der Waals surface area contributed by atoms with Gasteiger partial charge in [0.1, 0.15) is 41.0 Å². The number of aryl methyl sites for hydroxylation is 2. The SMILES string of the molecule is Cc1nc2ccc(F)cc2nc1O[C@@H]1C[C@H]2C(=O)N[C@]3(C(=O)NS(=O)(=O)C4CC4)C[C@H]3/C=C\CCCCC[C@H](NC(=O)c3noc(C)c3C)C(=O)N2C1. The lowest BCUT2D eigenvalue weighted by Crippen LogP contribution is -2.58. The molecule has 3 fully saturated rings. The number of hydrogen-bond donors (Lipinski definition) is 3. The first-order valence-corrected chi connectivity index (χ1v) is 19.5. The van der Waals surface area contributed by atoms with Crippen LogP contribution in [0.25, 0.3) is 11.0 Å². The molecular formula is C36H42FN7O8S. The van der Waals surface area contributed by atoms with Gasteiger partial charge in [0.25, 0.3) is 11.8 Å². The van der Waals surface area contributed by atoms with Crippen molar-refractivity contribution in [3.8, 4) is 5.88 Å². The minimum Gasteiger partial charge on any atom is -0.471 e. The first-order chi connectivity index (χ1) is 25.3. The van der Waals surface area contributed by atoms with Crippen molar-refractivity contribution in [2.75, 3.05) is 6.54 Å². The van der Waals surface area contributed by atoms with Crippen LogP contribution in [0.5, 0.6) is 5.88 Å². The molecule has 53 heavy (non-hydrogen) atoms. The van der Waals surface area contributed by atoms with Crippen molar-refractivity contribution in [1.82, 2.24) is 35.4 Å². The Bertz CT molecular complexity index is 2120. The molecule has 2 saturated carbocycles. The van der Waals surface area contributed by atoms with Crippen LogP contribution in [-0.4, -0.2) is 87.6 Å². The minimum atomic E-state index is -3.91. The molecule has 7 rings (SSSR count). The van der Waals surface area contributed by atoms with E-state index < -0.39 is 74.4 Å². The number of ether oxygens (including phenoxy) is 1. The third-order valence-corrected chi connectivity index (χ3v) is 12.4. The van der Waals surface area contributed by atoms with Crippen LogP contribution in [0.2, 0.25) is 0 Å². The third kappa shape index (κ3) is 7.48. The molecule has 3 N–H and O–H groups in total. The Morgan fingerprint density at radius 3 is 2.60 bits per heavy atom. The summed E-state index contributed by atoms with van der Waals surface area (Å²) in [5.41, 5.74) is 0.168. The monoisotopic (exact) mass is 751 g/mol. The first kappa shape index (κ1) is 36.4. The zero-order valence-electron chi connectivity index (χ0n) is 29.7. The predicted molar refractivity (Wildman–Crippen MR) is 187 cm³/mol. The van der Waals surface area contributed by atoms with Gasteiger partial charge in [-0.1, -0.05) is 30.2 Å². The fraction of sp³-hybridized carbons (Fsp3) is 0.528. The number of allylic oxidation sites excluding steroid dienone is 1. The molecule has 4 aliphatic rings. The molecule has 0 bridgehead atoms. The number of benzene rings is 1. The van der Waals surface area contributed by atoms with Crippen molar-refractivity contribution < 1.29 is 41.2 Å². The Morgan fingerprint density at radius 2 is 1.87 bits per heavy atom. The molecule has 3 aromatic rings. The zero-order valence-corrected chi connectivity index (χ0v) is 30.5. The smallest absolute Gasteiger partial charge is 0.274 e. The first-order valence-electron chi connectivity index (χ1n) is 18.0. The van der Waals surface area contributed by atoms with Crippen molar-refractivity contribution in [1.29, 1.82) is 0 Å². The Morgan fingerprint density at radius 1 is 1.08 bits per heavy atom. The number of fused-ring (bicyclic) bond motifs is 3. The highest BCUT2D eigenvalue weighted by molar-refractivity contribution is 7.91. The predicted octanol–water partition coefficient (Wildman–Crippen LogP) is 2.83. The average Bonchev–Trinajstić information content (AvgIpc) is 4.01. The van der Waals surface area contributed by atoms with Gasteiger partial charge in [0, 0.05) is 24.0 Å². The number of aromatic nitrogens is 3. The van der Waals surface area contributed by atoms with Crippen molar-refractivity contribution in [2.45, 2.75) is 108 Å². The quantitative estimate of drug-likeness (QED) is 0.300. The van der Waals surface area contributed by atoms with Gasteiger partial charge in [-0.05, 0) is 71.4 Å². The number of amides is 4. The van der Waals surface area contributed by atoms with E-state index in [4.69, 9.17) is 9.26 Å². The normalized spacial score (nSPS) is 27.1. The van der Waals surface area contributed by atoms with E-state index in [2.05, 4.69) is 30.5 Å². The van der Waals surface area contributed by atoms with E-state index in [1.807, 2.05) is 12.2 Å². The Balaban J connectivity index is 1.20. The molecule has 0 radical (unpaired) electrons. The lowest BCUT2D eigenvalue weighted by Gasteiger charge is -2.29. The van der Waals surface area contributed by atoms with E-state index in [-0.39, 0.29) is 42.9 Å². The summed E-state index contributed by atoms with van der Waals surface area (Å²) >= 11 is 0. The number of carbonyl (C=O) groups is 4. The molecule has 4 amide bonds. The second kappa shape index (κ2) is 14.1. The summed E-state index contributed by atoms with van der Waals surface area (Å²) in [6.07, 6.45) is 7.05. The molecule has 4 heterocycles. The molecule has 282 valence electrons. The highest BCUT2D eigenvalue weighted by Gasteiger charge is 2.62. The number of halogens is 1.